The number of guanidine groups is 2. The van der Waals surface area contributed by atoms with E-state index in [2.05, 4.69) is 14.7 Å². The molecular formula is C26H22ClF3N6OS. The van der Waals surface area contributed by atoms with Crippen LogP contribution in [0.15, 0.2) is 98.2 Å². The number of nitrogens with zero attached hydrogens (tertiary/aromatic N) is 4. The number of benzene rings is 3. The Bertz CT molecular complexity index is 1380. The van der Waals surface area contributed by atoms with Crippen molar-refractivity contribution in [2.45, 2.75) is 23.9 Å². The first-order valence-corrected chi connectivity index (χ1v) is 12.5. The van der Waals surface area contributed by atoms with E-state index in [-0.39, 0.29) is 17.8 Å². The summed E-state index contributed by atoms with van der Waals surface area (Å²) in [7, 11) is 0. The first kappa shape index (κ1) is 27.2. The molecule has 1 aliphatic rings. The van der Waals surface area contributed by atoms with Gasteiger partial charge in [-0.2, -0.15) is 27.7 Å². The number of amides is 1. The average molecular weight is 559 g/mol. The lowest BCUT2D eigenvalue weighted by atomic mass is 9.91. The Kier molecular flexibility index (Phi) is 8.38. The summed E-state index contributed by atoms with van der Waals surface area (Å²) in [6, 6.07) is 21.6. The molecule has 0 unspecified atom stereocenters. The topological polar surface area (TPSA) is 95.4 Å². The minimum absolute atomic E-state index is 0.0612. The molecule has 0 fully saturated rings. The fourth-order valence-corrected chi connectivity index (χ4v) is 4.40. The van der Waals surface area contributed by atoms with Crippen LogP contribution in [0.3, 0.4) is 0 Å². The van der Waals surface area contributed by atoms with Gasteiger partial charge >= 0.3 is 6.18 Å². The summed E-state index contributed by atoms with van der Waals surface area (Å²) in [4.78, 5) is 16.2. The Morgan fingerprint density at radius 3 is 2.34 bits per heavy atom. The van der Waals surface area contributed by atoms with Gasteiger partial charge in [-0.15, -0.1) is 0 Å². The zero-order chi connectivity index (χ0) is 27.3. The molecular weight excluding hydrogens is 537 g/mol. The van der Waals surface area contributed by atoms with Crippen molar-refractivity contribution in [1.82, 2.24) is 10.3 Å². The van der Waals surface area contributed by atoms with Gasteiger partial charge in [0.1, 0.15) is 0 Å². The van der Waals surface area contributed by atoms with Gasteiger partial charge in [-0.25, -0.2) is 5.01 Å². The van der Waals surface area contributed by atoms with Crippen molar-refractivity contribution in [2.75, 3.05) is 6.54 Å². The predicted octanol–water partition coefficient (Wildman–Crippen LogP) is 5.68. The maximum atomic E-state index is 12.9. The molecule has 12 heteroatoms. The second-order valence-corrected chi connectivity index (χ2v) is 9.49. The van der Waals surface area contributed by atoms with Crippen LogP contribution in [0.25, 0.3) is 0 Å². The summed E-state index contributed by atoms with van der Waals surface area (Å²) >= 11 is 6.99. The molecule has 3 aromatic carbocycles. The number of carbonyl (C=O) groups excluding carboxylic acids is 1. The number of nitrogens with two attached hydrogens (primary N) is 1. The Morgan fingerprint density at radius 1 is 1.08 bits per heavy atom. The molecule has 3 N–H and O–H groups in total. The molecule has 7 nitrogen and oxygen atoms in total. The summed E-state index contributed by atoms with van der Waals surface area (Å²) in [5, 5.41) is 9.31. The summed E-state index contributed by atoms with van der Waals surface area (Å²) in [6.07, 6.45) is -4.44. The number of carbonyl (C=O) groups is 1. The third-order valence-corrected chi connectivity index (χ3v) is 6.42. The van der Waals surface area contributed by atoms with E-state index >= 15 is 0 Å². The van der Waals surface area contributed by atoms with E-state index in [1.165, 1.54) is 19.1 Å². The van der Waals surface area contributed by atoms with E-state index in [9.17, 15) is 18.0 Å². The molecule has 1 atom stereocenters. The van der Waals surface area contributed by atoms with Gasteiger partial charge < -0.3 is 5.73 Å². The number of hydrogen-bond acceptors (Lipinski definition) is 4. The van der Waals surface area contributed by atoms with Crippen molar-refractivity contribution in [2.24, 2.45) is 20.2 Å². The van der Waals surface area contributed by atoms with Gasteiger partial charge in [0.05, 0.1) is 17.8 Å². The van der Waals surface area contributed by atoms with Gasteiger partial charge in [0.2, 0.25) is 11.9 Å². The van der Waals surface area contributed by atoms with Gasteiger partial charge in [0.25, 0.3) is 5.96 Å². The molecule has 0 saturated carbocycles. The minimum Gasteiger partial charge on any atom is -0.369 e. The van der Waals surface area contributed by atoms with Crippen LogP contribution in [-0.4, -0.2) is 35.1 Å². The molecule has 4 rings (SSSR count). The predicted molar refractivity (Wildman–Crippen MR) is 144 cm³/mol. The maximum absolute atomic E-state index is 12.9. The molecule has 196 valence electrons. The van der Waals surface area contributed by atoms with Crippen LogP contribution >= 0.6 is 23.5 Å². The van der Waals surface area contributed by atoms with Crippen LogP contribution in [0.2, 0.25) is 5.02 Å². The number of hydrogen-bond donors (Lipinski definition) is 2. The van der Waals surface area contributed by atoms with Crippen molar-refractivity contribution < 1.29 is 18.0 Å². The van der Waals surface area contributed by atoms with Crippen molar-refractivity contribution in [3.8, 4) is 0 Å². The standard InChI is InChI=1S/C26H22ClF3N6OS/c1-16(37)32-24(31)33-25(35-38-21-13-9-19(10-14-21)26(28,29)30)36-15-22(17-5-3-2-4-6-17)23(34-36)18-7-11-20(27)12-8-18/h2-14,22H,15H2,1H3,(H3,31,32,33,35,37)/t22-/m1/s1. The molecule has 0 saturated heterocycles. The third-order valence-electron chi connectivity index (χ3n) is 5.43. The fourth-order valence-electron chi connectivity index (χ4n) is 3.69. The van der Waals surface area contributed by atoms with Gasteiger partial charge in [-0.05, 0) is 47.5 Å². The zero-order valence-electron chi connectivity index (χ0n) is 20.0. The van der Waals surface area contributed by atoms with Gasteiger partial charge in [-0.1, -0.05) is 54.1 Å². The second kappa shape index (κ2) is 11.7. The van der Waals surface area contributed by atoms with Crippen molar-refractivity contribution >= 4 is 47.1 Å². The summed E-state index contributed by atoms with van der Waals surface area (Å²) < 4.78 is 43.2. The van der Waals surface area contributed by atoms with Gasteiger partial charge in [0, 0.05) is 34.7 Å². The second-order valence-electron chi connectivity index (χ2n) is 8.22. The van der Waals surface area contributed by atoms with Gasteiger partial charge in [0.15, 0.2) is 0 Å². The Balaban J connectivity index is 1.71. The lowest BCUT2D eigenvalue weighted by molar-refractivity contribution is -0.137. The summed E-state index contributed by atoms with van der Waals surface area (Å²) in [6.45, 7) is 1.64. The Labute approximate surface area is 226 Å². The Hall–Kier alpha value is -3.83. The highest BCUT2D eigenvalue weighted by atomic mass is 35.5. The van der Waals surface area contributed by atoms with E-state index in [1.54, 1.807) is 17.1 Å². The molecule has 0 radical (unpaired) electrons. The van der Waals surface area contributed by atoms with E-state index in [0.29, 0.717) is 16.5 Å². The van der Waals surface area contributed by atoms with Crippen LogP contribution in [0, 0.1) is 0 Å². The number of hydrazone groups is 1. The summed E-state index contributed by atoms with van der Waals surface area (Å²) in [5.74, 6) is -0.715. The number of alkyl halides is 3. The number of aliphatic imine (C=N–C) groups is 1. The SMILES string of the molecule is CC(=O)N/C(N)=N/C(=N\Sc1ccc(C(F)(F)F)cc1)N1C[C@H](c2ccccc2)C(c2ccc(Cl)cc2)=N1. The molecule has 0 aliphatic carbocycles. The smallest absolute Gasteiger partial charge is 0.369 e. The molecule has 1 amide bonds. The molecule has 38 heavy (non-hydrogen) atoms. The quantitative estimate of drug-likeness (QED) is 0.245. The van der Waals surface area contributed by atoms with Crippen LogP contribution in [-0.2, 0) is 11.0 Å². The summed E-state index contributed by atoms with van der Waals surface area (Å²) in [5.41, 5.74) is 7.74. The molecule has 1 heterocycles. The lowest BCUT2D eigenvalue weighted by Crippen LogP contribution is -2.37. The third kappa shape index (κ3) is 6.93. The fraction of sp³-hybridized carbons (Fsp3) is 0.154. The molecule has 3 aromatic rings. The molecule has 0 aromatic heterocycles. The molecule has 0 bridgehead atoms. The van der Waals surface area contributed by atoms with Crippen LogP contribution in [0.1, 0.15) is 29.5 Å². The first-order chi connectivity index (χ1) is 18.1. The van der Waals surface area contributed by atoms with Crippen molar-refractivity contribution in [3.05, 3.63) is 101 Å². The van der Waals surface area contributed by atoms with E-state index in [4.69, 9.17) is 22.4 Å². The number of halogens is 4. The molecule has 1 aliphatic heterocycles. The average Bonchev–Trinajstić information content (AvgIpc) is 3.32. The highest BCUT2D eigenvalue weighted by molar-refractivity contribution is 7.98. The monoisotopic (exact) mass is 558 g/mol. The van der Waals surface area contributed by atoms with Crippen LogP contribution in [0.4, 0.5) is 13.2 Å². The normalized spacial score (nSPS) is 16.4. The molecule has 0 spiro atoms. The van der Waals surface area contributed by atoms with Crippen molar-refractivity contribution in [3.63, 3.8) is 0 Å². The lowest BCUT2D eigenvalue weighted by Gasteiger charge is -2.16. The van der Waals surface area contributed by atoms with Crippen LogP contribution < -0.4 is 11.1 Å². The number of nitrogens with one attached hydrogen (secondary N) is 1. The van der Waals surface area contributed by atoms with Crippen molar-refractivity contribution in [1.29, 1.82) is 0 Å². The Morgan fingerprint density at radius 2 is 1.74 bits per heavy atom. The zero-order valence-corrected chi connectivity index (χ0v) is 21.6. The van der Waals surface area contributed by atoms with E-state index in [1.807, 2.05) is 42.5 Å². The highest BCUT2D eigenvalue weighted by Crippen LogP contribution is 2.33. The highest BCUT2D eigenvalue weighted by Gasteiger charge is 2.32. The largest absolute Gasteiger partial charge is 0.416 e. The first-order valence-electron chi connectivity index (χ1n) is 11.3. The maximum Gasteiger partial charge on any atom is 0.416 e. The number of rotatable bonds is 4. The van der Waals surface area contributed by atoms with E-state index < -0.39 is 17.6 Å². The minimum atomic E-state index is -4.44. The van der Waals surface area contributed by atoms with Gasteiger partial charge in [-0.3, -0.25) is 10.1 Å². The van der Waals surface area contributed by atoms with E-state index in [0.717, 1.165) is 40.9 Å². The van der Waals surface area contributed by atoms with Crippen LogP contribution in [0.5, 0.6) is 0 Å².